The van der Waals surface area contributed by atoms with Crippen LogP contribution in [0.4, 0.5) is 0 Å². The van der Waals surface area contributed by atoms with Gasteiger partial charge in [-0.15, -0.1) is 23.8 Å². The van der Waals surface area contributed by atoms with Crippen LogP contribution in [0.1, 0.15) is 112 Å². The van der Waals surface area contributed by atoms with Crippen LogP contribution < -0.4 is 0 Å². The zero-order valence-electron chi connectivity index (χ0n) is 54.6. The van der Waals surface area contributed by atoms with Crippen LogP contribution in [0.5, 0.6) is 5.75 Å². The van der Waals surface area contributed by atoms with Crippen LogP contribution in [0.3, 0.4) is 0 Å². The molecule has 1 N–H and O–H groups in total. The first kappa shape index (κ1) is 30.8. The summed E-state index contributed by atoms with van der Waals surface area (Å²) in [7, 11) is 0. The largest absolute Gasteiger partial charge is 0.507 e. The second kappa shape index (κ2) is 18.0. The molecule has 340 valence electrons. The summed E-state index contributed by atoms with van der Waals surface area (Å²) in [5, 5.41) is 12.0. The van der Waals surface area contributed by atoms with Gasteiger partial charge in [0.1, 0.15) is 11.6 Å². The zero-order chi connectivity index (χ0) is 60.3. The van der Waals surface area contributed by atoms with Crippen molar-refractivity contribution < 1.29 is 48.1 Å². The van der Waals surface area contributed by atoms with E-state index in [1.807, 2.05) is 80.6 Å². The number of benzene rings is 7. The van der Waals surface area contributed by atoms with Gasteiger partial charge in [-0.2, -0.15) is 0 Å². The Hall–Kier alpha value is -6.35. The molecule has 0 unspecified atom stereocenters. The Morgan fingerprint density at radius 3 is 1.96 bits per heavy atom. The first-order valence-electron chi connectivity index (χ1n) is 29.8. The molecule has 9 rings (SSSR count). The van der Waals surface area contributed by atoms with Gasteiger partial charge in [0.25, 0.3) is 0 Å². The SMILES string of the molecule is [2H]c1nc(-c2[c-]c(-c3cccc4c3nc(-c3cc(C)cc(C)c3O)n4-c3cc(C(C)(C)C)ccc3-c3ccc(C(C)(C)C)cc3)cc(-c3ccccc3)c2)c([2H])c(-c2c([2H])c([2H])c(C(C([2H])([2H])[2H])(C([2H])([2H])[2H])C([2H])([2H])[2H])c([2H])c2[2H])c1[2H].[Pt]. The van der Waals surface area contributed by atoms with E-state index < -0.39 is 85.1 Å². The van der Waals surface area contributed by atoms with E-state index in [0.29, 0.717) is 50.2 Å². The van der Waals surface area contributed by atoms with E-state index >= 15 is 0 Å². The molecular formula is C62H60N3OPt-. The topological polar surface area (TPSA) is 50.9 Å². The van der Waals surface area contributed by atoms with Crippen molar-refractivity contribution in [2.24, 2.45) is 0 Å². The monoisotopic (exact) mass is 1070 g/mol. The standard InChI is InChI=1S/C62H60N3O.Pt/c1-39-32-40(2)58(66)53(33-39)59-64-57-52(18-15-19-55(57)65(59)56-38-50(62(9,10)11)28-29-51(56)43-22-26-49(27-23-43)61(6,7)8)46-34-45(41-16-13-12-14-17-41)35-47(36-46)54-37-44(30-31-63-54)42-20-24-48(25-21-42)60(3,4)5;/h12-35,37-38,66H,1-11H3;/q-1;/i3D3,4D3,5D3,20D,21D,24D,25D,30D,31D,37D;. The molecule has 0 saturated heterocycles. The van der Waals surface area contributed by atoms with Gasteiger partial charge >= 0.3 is 0 Å². The molecule has 0 radical (unpaired) electrons. The summed E-state index contributed by atoms with van der Waals surface area (Å²) in [5.74, 6) is 0.484. The minimum Gasteiger partial charge on any atom is -0.507 e. The van der Waals surface area contributed by atoms with Crippen LogP contribution >= 0.6 is 0 Å². The van der Waals surface area contributed by atoms with Gasteiger partial charge in [-0.25, -0.2) is 4.98 Å². The summed E-state index contributed by atoms with van der Waals surface area (Å²) in [6.45, 7) is 4.91. The minimum absolute atomic E-state index is 0. The molecule has 7 aromatic carbocycles. The Labute approximate surface area is 434 Å². The molecule has 0 saturated carbocycles. The van der Waals surface area contributed by atoms with Crippen LogP contribution in [0.25, 0.3) is 83.9 Å². The van der Waals surface area contributed by atoms with Gasteiger partial charge in [0, 0.05) is 50.8 Å². The number of hydrogen-bond acceptors (Lipinski definition) is 3. The summed E-state index contributed by atoms with van der Waals surface area (Å²) in [5.41, 5.74) is 3.00. The number of imidazole rings is 1. The molecule has 0 spiro atoms. The number of phenols is 1. The van der Waals surface area contributed by atoms with E-state index in [4.69, 9.17) is 22.8 Å². The molecule has 4 nitrogen and oxygen atoms in total. The van der Waals surface area contributed by atoms with Crippen molar-refractivity contribution in [2.75, 3.05) is 0 Å². The molecule has 2 heterocycles. The fourth-order valence-corrected chi connectivity index (χ4v) is 8.28. The average Bonchev–Trinajstić information content (AvgIpc) is 1.12. The Morgan fingerprint density at radius 1 is 0.582 bits per heavy atom. The first-order chi connectivity index (χ1) is 38.0. The number of pyridine rings is 1. The van der Waals surface area contributed by atoms with E-state index in [1.54, 1.807) is 6.07 Å². The summed E-state index contributed by atoms with van der Waals surface area (Å²) in [4.78, 5) is 9.85. The second-order valence-electron chi connectivity index (χ2n) is 19.0. The van der Waals surface area contributed by atoms with Crippen molar-refractivity contribution in [3.05, 3.63) is 192 Å². The molecule has 0 fully saturated rings. The molecule has 0 aliphatic heterocycles. The van der Waals surface area contributed by atoms with E-state index in [-0.39, 0.29) is 48.9 Å². The third-order valence-electron chi connectivity index (χ3n) is 11.9. The summed E-state index contributed by atoms with van der Waals surface area (Å²) < 4.78 is 141. The van der Waals surface area contributed by atoms with Gasteiger partial charge in [-0.3, -0.25) is 9.55 Å². The summed E-state index contributed by atoms with van der Waals surface area (Å²) in [6.07, 6.45) is -0.760. The van der Waals surface area contributed by atoms with E-state index in [9.17, 15) is 9.22 Å². The Morgan fingerprint density at radius 2 is 1.27 bits per heavy atom. The molecule has 0 amide bonds. The van der Waals surface area contributed by atoms with Crippen molar-refractivity contribution >= 4 is 11.0 Å². The first-order valence-corrected chi connectivity index (χ1v) is 21.8. The molecule has 0 atom stereocenters. The number of aryl methyl sites for hydroxylation is 2. The van der Waals surface area contributed by atoms with Crippen LogP contribution in [-0.4, -0.2) is 19.6 Å². The number of nitrogens with zero attached hydrogens (tertiary/aromatic N) is 3. The number of aromatic nitrogens is 3. The molecular weight excluding hydrogens is 998 g/mol. The molecule has 9 aromatic rings. The smallest absolute Gasteiger partial charge is 0.148 e. The van der Waals surface area contributed by atoms with Gasteiger partial charge in [-0.1, -0.05) is 194 Å². The van der Waals surface area contributed by atoms with Crippen molar-refractivity contribution in [3.8, 4) is 78.6 Å². The number of hydrogen-bond donors (Lipinski definition) is 1. The van der Waals surface area contributed by atoms with Crippen molar-refractivity contribution in [2.45, 2.75) is 92.2 Å². The van der Waals surface area contributed by atoms with Gasteiger partial charge in [0.15, 0.2) is 0 Å². The molecule has 67 heavy (non-hydrogen) atoms. The molecule has 0 aliphatic rings. The van der Waals surface area contributed by atoms with Crippen molar-refractivity contribution in [3.63, 3.8) is 0 Å². The predicted molar refractivity (Wildman–Crippen MR) is 278 cm³/mol. The third-order valence-corrected chi connectivity index (χ3v) is 11.9. The molecule has 5 heteroatoms. The fraction of sp³-hybridized carbons (Fsp3) is 0.226. The average molecular weight is 1070 g/mol. The predicted octanol–water partition coefficient (Wildman–Crippen LogP) is 16.4. The number of phenolic OH excluding ortho intramolecular Hbond substituents is 1. The van der Waals surface area contributed by atoms with Gasteiger partial charge < -0.3 is 5.11 Å². The molecule has 0 aliphatic carbocycles. The second-order valence-corrected chi connectivity index (χ2v) is 19.0. The Balaban J connectivity index is 0.00000900. The van der Waals surface area contributed by atoms with Crippen LogP contribution in [0.2, 0.25) is 0 Å². The minimum atomic E-state index is -3.93. The number of para-hydroxylation sites is 1. The van der Waals surface area contributed by atoms with Crippen molar-refractivity contribution in [1.82, 2.24) is 14.5 Å². The molecule has 0 bridgehead atoms. The number of rotatable bonds is 7. The van der Waals surface area contributed by atoms with Crippen LogP contribution in [0, 0.1) is 19.9 Å². The fourth-order valence-electron chi connectivity index (χ4n) is 8.28. The van der Waals surface area contributed by atoms with Crippen LogP contribution in [0.15, 0.2) is 158 Å². The number of fused-ring (bicyclic) bond motifs is 1. The van der Waals surface area contributed by atoms with E-state index in [0.717, 1.165) is 27.9 Å². The summed E-state index contributed by atoms with van der Waals surface area (Å²) in [6, 6.07) is 34.2. The van der Waals surface area contributed by atoms with Gasteiger partial charge in [0.2, 0.25) is 0 Å². The zero-order valence-corrected chi connectivity index (χ0v) is 40.8. The maximum Gasteiger partial charge on any atom is 0.148 e. The normalized spacial score (nSPS) is 16.1. The van der Waals surface area contributed by atoms with Gasteiger partial charge in [-0.05, 0) is 104 Å². The van der Waals surface area contributed by atoms with Crippen molar-refractivity contribution in [1.29, 1.82) is 0 Å². The Bertz CT molecular complexity index is 3960. The van der Waals surface area contributed by atoms with Gasteiger partial charge in [0.05, 0.1) is 31.9 Å². The van der Waals surface area contributed by atoms with E-state index in [2.05, 4.69) is 99.6 Å². The molecule has 2 aromatic heterocycles. The maximum atomic E-state index is 12.0. The maximum absolute atomic E-state index is 12.0. The number of aromatic hydroxyl groups is 1. The van der Waals surface area contributed by atoms with Crippen LogP contribution in [-0.2, 0) is 37.3 Å². The quantitative estimate of drug-likeness (QED) is 0.162. The Kier molecular flexibility index (Phi) is 8.30. The van der Waals surface area contributed by atoms with E-state index in [1.165, 1.54) is 5.56 Å². The third kappa shape index (κ3) is 9.47. The summed E-state index contributed by atoms with van der Waals surface area (Å²) >= 11 is 0.